The van der Waals surface area contributed by atoms with Crippen LogP contribution < -0.4 is 5.32 Å². The van der Waals surface area contributed by atoms with Crippen LogP contribution in [0, 0.1) is 0 Å². The molecule has 0 aliphatic carbocycles. The number of methoxy groups -OCH3 is 2. The van der Waals surface area contributed by atoms with E-state index in [-0.39, 0.29) is 29.1 Å². The number of ether oxygens (including phenoxy) is 3. The second-order valence-electron chi connectivity index (χ2n) is 7.14. The first-order valence-corrected chi connectivity index (χ1v) is 9.97. The molecule has 1 atom stereocenters. The Hall–Kier alpha value is -3.72. The molecule has 3 rings (SSSR count). The zero-order valence-corrected chi connectivity index (χ0v) is 17.8. The third-order valence-electron chi connectivity index (χ3n) is 4.91. The van der Waals surface area contributed by atoms with Crippen LogP contribution in [0.2, 0.25) is 0 Å². The van der Waals surface area contributed by atoms with Crippen LogP contribution in [0.3, 0.4) is 0 Å². The Labute approximate surface area is 185 Å². The van der Waals surface area contributed by atoms with Crippen LogP contribution in [-0.4, -0.2) is 62.1 Å². The van der Waals surface area contributed by atoms with Gasteiger partial charge in [0.25, 0.3) is 5.91 Å². The second-order valence-corrected chi connectivity index (χ2v) is 7.14. The Balaban J connectivity index is 1.68. The van der Waals surface area contributed by atoms with Gasteiger partial charge in [0.15, 0.2) is 0 Å². The number of carbonyl (C=O) groups is 4. The van der Waals surface area contributed by atoms with Gasteiger partial charge in [-0.3, -0.25) is 9.59 Å². The maximum Gasteiger partial charge on any atom is 0.337 e. The molecule has 9 heteroatoms. The van der Waals surface area contributed by atoms with E-state index in [1.165, 1.54) is 32.4 Å². The summed E-state index contributed by atoms with van der Waals surface area (Å²) < 4.78 is 14.9. The van der Waals surface area contributed by atoms with Gasteiger partial charge in [0.1, 0.15) is 6.10 Å². The SMILES string of the molecule is COC(=O)c1cc(NC(=O)C[C@@H]2OCCN(Cc3ccccc3)C2=O)cc(C(=O)OC)c1. The van der Waals surface area contributed by atoms with Gasteiger partial charge < -0.3 is 24.4 Å². The number of rotatable bonds is 7. The third-order valence-corrected chi connectivity index (χ3v) is 4.91. The monoisotopic (exact) mass is 440 g/mol. The van der Waals surface area contributed by atoms with Crippen LogP contribution in [0.25, 0.3) is 0 Å². The molecule has 9 nitrogen and oxygen atoms in total. The zero-order chi connectivity index (χ0) is 23.1. The lowest BCUT2D eigenvalue weighted by molar-refractivity contribution is -0.155. The predicted molar refractivity (Wildman–Crippen MR) is 114 cm³/mol. The molecule has 1 aliphatic heterocycles. The van der Waals surface area contributed by atoms with Gasteiger partial charge >= 0.3 is 11.9 Å². The first kappa shape index (κ1) is 23.0. The van der Waals surface area contributed by atoms with Gasteiger partial charge in [0.2, 0.25) is 5.91 Å². The molecular formula is C23H24N2O7. The van der Waals surface area contributed by atoms with Crippen molar-refractivity contribution in [2.75, 3.05) is 32.7 Å². The summed E-state index contributed by atoms with van der Waals surface area (Å²) in [6.07, 6.45) is -1.13. The van der Waals surface area contributed by atoms with Crippen molar-refractivity contribution in [3.63, 3.8) is 0 Å². The smallest absolute Gasteiger partial charge is 0.337 e. The van der Waals surface area contributed by atoms with E-state index in [0.717, 1.165) is 5.56 Å². The summed E-state index contributed by atoms with van der Waals surface area (Å²) in [7, 11) is 2.41. The topological polar surface area (TPSA) is 111 Å². The quantitative estimate of drug-likeness (QED) is 0.656. The average Bonchev–Trinajstić information content (AvgIpc) is 2.81. The number of morpholine rings is 1. The van der Waals surface area contributed by atoms with Crippen LogP contribution >= 0.6 is 0 Å². The highest BCUT2D eigenvalue weighted by Gasteiger charge is 2.31. The number of carbonyl (C=O) groups excluding carboxylic acids is 4. The van der Waals surface area contributed by atoms with E-state index in [1.54, 1.807) is 4.90 Å². The Morgan fingerprint density at radius 1 is 1.03 bits per heavy atom. The molecule has 2 amide bonds. The minimum atomic E-state index is -0.920. The number of hydrogen-bond acceptors (Lipinski definition) is 7. The summed E-state index contributed by atoms with van der Waals surface area (Å²) in [5, 5.41) is 2.61. The van der Waals surface area contributed by atoms with E-state index < -0.39 is 23.9 Å². The molecule has 0 radical (unpaired) electrons. The standard InChI is InChI=1S/C23H24N2O7/c1-30-22(28)16-10-17(23(29)31-2)12-18(11-16)24-20(26)13-19-21(27)25(8-9-32-19)14-15-6-4-3-5-7-15/h3-7,10-12,19H,8-9,13-14H2,1-2H3,(H,24,26)/t19-/m0/s1. The number of anilines is 1. The third kappa shape index (κ3) is 5.70. The van der Waals surface area contributed by atoms with Gasteiger partial charge in [-0.1, -0.05) is 30.3 Å². The van der Waals surface area contributed by atoms with Crippen LogP contribution in [0.5, 0.6) is 0 Å². The Bertz CT molecular complexity index is 972. The molecule has 1 fully saturated rings. The number of esters is 2. The van der Waals surface area contributed by atoms with Crippen LogP contribution in [0.15, 0.2) is 48.5 Å². The van der Waals surface area contributed by atoms with E-state index in [0.29, 0.717) is 19.7 Å². The second kappa shape index (κ2) is 10.5. The van der Waals surface area contributed by atoms with Gasteiger partial charge in [0, 0.05) is 18.8 Å². The van der Waals surface area contributed by atoms with E-state index in [4.69, 9.17) is 4.74 Å². The average molecular weight is 440 g/mol. The Morgan fingerprint density at radius 2 is 1.66 bits per heavy atom. The van der Waals surface area contributed by atoms with E-state index >= 15 is 0 Å². The Kier molecular flexibility index (Phi) is 7.56. The van der Waals surface area contributed by atoms with Gasteiger partial charge in [-0.25, -0.2) is 9.59 Å². The fourth-order valence-corrected chi connectivity index (χ4v) is 3.35. The molecule has 32 heavy (non-hydrogen) atoms. The highest BCUT2D eigenvalue weighted by Crippen LogP contribution is 2.19. The normalized spacial score (nSPS) is 15.8. The summed E-state index contributed by atoms with van der Waals surface area (Å²) in [6.45, 7) is 1.20. The largest absolute Gasteiger partial charge is 0.465 e. The van der Waals surface area contributed by atoms with Gasteiger partial charge in [-0.05, 0) is 23.8 Å². The minimum absolute atomic E-state index is 0.0738. The van der Waals surface area contributed by atoms with Crippen molar-refractivity contribution in [3.05, 3.63) is 65.2 Å². The first-order valence-electron chi connectivity index (χ1n) is 9.97. The fourth-order valence-electron chi connectivity index (χ4n) is 3.35. The lowest BCUT2D eigenvalue weighted by Gasteiger charge is -2.32. The number of nitrogens with one attached hydrogen (secondary N) is 1. The summed E-state index contributed by atoms with van der Waals surface area (Å²) in [5.74, 6) is -2.11. The van der Waals surface area contributed by atoms with Crippen LogP contribution in [-0.2, 0) is 30.3 Å². The molecule has 1 aliphatic rings. The highest BCUT2D eigenvalue weighted by molar-refractivity contribution is 6.00. The van der Waals surface area contributed by atoms with Crippen molar-refractivity contribution in [2.45, 2.75) is 19.1 Å². The van der Waals surface area contributed by atoms with Crippen molar-refractivity contribution in [2.24, 2.45) is 0 Å². The van der Waals surface area contributed by atoms with Gasteiger partial charge in [-0.2, -0.15) is 0 Å². The zero-order valence-electron chi connectivity index (χ0n) is 17.8. The molecular weight excluding hydrogens is 416 g/mol. The molecule has 1 N–H and O–H groups in total. The molecule has 2 aromatic rings. The maximum atomic E-state index is 12.8. The molecule has 2 aromatic carbocycles. The number of hydrogen-bond donors (Lipinski definition) is 1. The number of nitrogens with zero attached hydrogens (tertiary/aromatic N) is 1. The van der Waals surface area contributed by atoms with E-state index in [9.17, 15) is 19.2 Å². The lowest BCUT2D eigenvalue weighted by Crippen LogP contribution is -2.48. The summed E-state index contributed by atoms with van der Waals surface area (Å²) in [5.41, 5.74) is 1.33. The molecule has 0 saturated carbocycles. The van der Waals surface area contributed by atoms with Crippen LogP contribution in [0.1, 0.15) is 32.7 Å². The Morgan fingerprint density at radius 3 is 2.25 bits per heavy atom. The molecule has 0 spiro atoms. The molecule has 0 bridgehead atoms. The highest BCUT2D eigenvalue weighted by atomic mass is 16.5. The summed E-state index contributed by atoms with van der Waals surface area (Å²) >= 11 is 0. The molecule has 0 unspecified atom stereocenters. The van der Waals surface area contributed by atoms with E-state index in [1.807, 2.05) is 30.3 Å². The maximum absolute atomic E-state index is 12.8. The van der Waals surface area contributed by atoms with Crippen molar-refractivity contribution < 1.29 is 33.4 Å². The summed E-state index contributed by atoms with van der Waals surface area (Å²) in [6, 6.07) is 13.6. The minimum Gasteiger partial charge on any atom is -0.465 e. The van der Waals surface area contributed by atoms with Crippen LogP contribution in [0.4, 0.5) is 5.69 Å². The molecule has 1 saturated heterocycles. The predicted octanol–water partition coefficient (Wildman–Crippen LogP) is 2.02. The first-order chi connectivity index (χ1) is 15.4. The van der Waals surface area contributed by atoms with Gasteiger partial charge in [0.05, 0.1) is 38.4 Å². The number of amides is 2. The van der Waals surface area contributed by atoms with Crippen molar-refractivity contribution in [1.82, 2.24) is 4.90 Å². The lowest BCUT2D eigenvalue weighted by atomic mass is 10.1. The molecule has 0 aromatic heterocycles. The fraction of sp³-hybridized carbons (Fsp3) is 0.304. The van der Waals surface area contributed by atoms with Crippen molar-refractivity contribution >= 4 is 29.4 Å². The molecule has 168 valence electrons. The summed E-state index contributed by atoms with van der Waals surface area (Å²) in [4.78, 5) is 50.8. The number of benzene rings is 2. The van der Waals surface area contributed by atoms with E-state index in [2.05, 4.69) is 14.8 Å². The van der Waals surface area contributed by atoms with Crippen molar-refractivity contribution in [1.29, 1.82) is 0 Å². The van der Waals surface area contributed by atoms with Crippen molar-refractivity contribution in [3.8, 4) is 0 Å². The van der Waals surface area contributed by atoms with Gasteiger partial charge in [-0.15, -0.1) is 0 Å². The molecule has 1 heterocycles.